The van der Waals surface area contributed by atoms with E-state index in [1.54, 1.807) is 6.26 Å². The summed E-state index contributed by atoms with van der Waals surface area (Å²) in [6, 6.07) is 6.12. The fourth-order valence-electron chi connectivity index (χ4n) is 1.47. The average molecular weight is 195 g/mol. The molecule has 1 nitrogen and oxygen atoms in total. The molecule has 1 atom stereocenters. The van der Waals surface area contributed by atoms with Crippen molar-refractivity contribution in [3.63, 3.8) is 0 Å². The Morgan fingerprint density at radius 2 is 2.15 bits per heavy atom. The largest absolute Gasteiger partial charge is 0.464 e. The summed E-state index contributed by atoms with van der Waals surface area (Å²) in [5.74, 6) is 0. The zero-order chi connectivity index (χ0) is 9.42. The summed E-state index contributed by atoms with van der Waals surface area (Å²) in [5, 5.41) is 1.13. The summed E-state index contributed by atoms with van der Waals surface area (Å²) in [7, 11) is 0. The van der Waals surface area contributed by atoms with Gasteiger partial charge in [-0.05, 0) is 26.0 Å². The zero-order valence-corrected chi connectivity index (χ0v) is 8.43. The standard InChI is InChI=1S/C11H11ClO/c1-7-3-4-11-9(5-7)10(6-13-11)8(2)12/h3-6,8H,1-2H3. The maximum atomic E-state index is 6.02. The predicted octanol–water partition coefficient (Wildman–Crippen LogP) is 4.04. The molecule has 0 spiro atoms. The Labute approximate surface area is 82.3 Å². The molecular weight excluding hydrogens is 184 g/mol. The van der Waals surface area contributed by atoms with E-state index in [0.29, 0.717) is 0 Å². The molecule has 1 aromatic heterocycles. The number of fused-ring (bicyclic) bond motifs is 1. The first kappa shape index (κ1) is 8.64. The Hall–Kier alpha value is -0.950. The van der Waals surface area contributed by atoms with Crippen molar-refractivity contribution in [3.8, 4) is 0 Å². The van der Waals surface area contributed by atoms with Crippen LogP contribution >= 0.6 is 11.6 Å². The maximum absolute atomic E-state index is 6.02. The van der Waals surface area contributed by atoms with E-state index in [1.807, 2.05) is 19.1 Å². The van der Waals surface area contributed by atoms with Crippen molar-refractivity contribution in [2.75, 3.05) is 0 Å². The molecule has 0 radical (unpaired) electrons. The third kappa shape index (κ3) is 1.44. The number of rotatable bonds is 1. The van der Waals surface area contributed by atoms with Gasteiger partial charge in [0, 0.05) is 10.9 Å². The molecule has 0 aliphatic carbocycles. The molecule has 0 aliphatic rings. The number of halogens is 1. The highest BCUT2D eigenvalue weighted by molar-refractivity contribution is 6.21. The molecular formula is C11H11ClO. The van der Waals surface area contributed by atoms with Gasteiger partial charge < -0.3 is 4.42 Å². The minimum Gasteiger partial charge on any atom is -0.464 e. The van der Waals surface area contributed by atoms with Gasteiger partial charge in [0.1, 0.15) is 5.58 Å². The van der Waals surface area contributed by atoms with Crippen LogP contribution in [0.3, 0.4) is 0 Å². The summed E-state index contributed by atoms with van der Waals surface area (Å²) in [5.41, 5.74) is 3.21. The van der Waals surface area contributed by atoms with Gasteiger partial charge in [-0.15, -0.1) is 11.6 Å². The first-order chi connectivity index (χ1) is 6.18. The van der Waals surface area contributed by atoms with Crippen molar-refractivity contribution in [3.05, 3.63) is 35.6 Å². The third-order valence-corrected chi connectivity index (χ3v) is 2.42. The van der Waals surface area contributed by atoms with Crippen LogP contribution in [0.5, 0.6) is 0 Å². The van der Waals surface area contributed by atoms with E-state index in [0.717, 1.165) is 16.5 Å². The smallest absolute Gasteiger partial charge is 0.134 e. The van der Waals surface area contributed by atoms with E-state index in [4.69, 9.17) is 16.0 Å². The minimum absolute atomic E-state index is 0.00282. The molecule has 0 amide bonds. The van der Waals surface area contributed by atoms with Gasteiger partial charge in [-0.3, -0.25) is 0 Å². The van der Waals surface area contributed by atoms with Gasteiger partial charge in [-0.2, -0.15) is 0 Å². The molecule has 0 N–H and O–H groups in total. The summed E-state index contributed by atoms with van der Waals surface area (Å²) in [6.45, 7) is 4.02. The Balaban J connectivity index is 2.71. The van der Waals surface area contributed by atoms with Crippen LogP contribution in [0.2, 0.25) is 0 Å². The number of hydrogen-bond acceptors (Lipinski definition) is 1. The van der Waals surface area contributed by atoms with Gasteiger partial charge in [0.25, 0.3) is 0 Å². The molecule has 2 aromatic rings. The second kappa shape index (κ2) is 3.08. The predicted molar refractivity (Wildman–Crippen MR) is 55.2 cm³/mol. The molecule has 2 heteroatoms. The molecule has 0 bridgehead atoms. The molecule has 0 aliphatic heterocycles. The van der Waals surface area contributed by atoms with Gasteiger partial charge >= 0.3 is 0 Å². The van der Waals surface area contributed by atoms with Gasteiger partial charge in [-0.25, -0.2) is 0 Å². The number of alkyl halides is 1. The lowest BCUT2D eigenvalue weighted by Crippen LogP contribution is -1.80. The SMILES string of the molecule is Cc1ccc2occ(C(C)Cl)c2c1. The van der Waals surface area contributed by atoms with Crippen LogP contribution in [0, 0.1) is 6.92 Å². The summed E-state index contributed by atoms with van der Waals surface area (Å²) >= 11 is 6.02. The van der Waals surface area contributed by atoms with Crippen molar-refractivity contribution < 1.29 is 4.42 Å². The highest BCUT2D eigenvalue weighted by Crippen LogP contribution is 2.30. The fraction of sp³-hybridized carbons (Fsp3) is 0.273. The first-order valence-electron chi connectivity index (χ1n) is 4.30. The lowest BCUT2D eigenvalue weighted by Gasteiger charge is -1.98. The normalized spacial score (nSPS) is 13.5. The molecule has 0 saturated heterocycles. The van der Waals surface area contributed by atoms with Crippen molar-refractivity contribution >= 4 is 22.6 Å². The Bertz CT molecular complexity index is 429. The Morgan fingerprint density at radius 1 is 1.38 bits per heavy atom. The number of hydrogen-bond donors (Lipinski definition) is 0. The van der Waals surface area contributed by atoms with E-state index in [2.05, 4.69) is 13.0 Å². The van der Waals surface area contributed by atoms with Crippen molar-refractivity contribution in [1.29, 1.82) is 0 Å². The van der Waals surface area contributed by atoms with Gasteiger partial charge in [0.15, 0.2) is 0 Å². The third-order valence-electron chi connectivity index (χ3n) is 2.19. The van der Waals surface area contributed by atoms with Crippen LogP contribution < -0.4 is 0 Å². The summed E-state index contributed by atoms with van der Waals surface area (Å²) in [4.78, 5) is 0. The first-order valence-corrected chi connectivity index (χ1v) is 4.74. The monoisotopic (exact) mass is 194 g/mol. The Morgan fingerprint density at radius 3 is 2.85 bits per heavy atom. The highest BCUT2D eigenvalue weighted by atomic mass is 35.5. The van der Waals surface area contributed by atoms with E-state index < -0.39 is 0 Å². The topological polar surface area (TPSA) is 13.1 Å². The van der Waals surface area contributed by atoms with Crippen LogP contribution in [0.4, 0.5) is 0 Å². The number of aryl methyl sites for hydroxylation is 1. The van der Waals surface area contributed by atoms with E-state index >= 15 is 0 Å². The number of furan rings is 1. The second-order valence-corrected chi connectivity index (χ2v) is 3.96. The molecule has 0 fully saturated rings. The van der Waals surface area contributed by atoms with Crippen LogP contribution in [0.1, 0.15) is 23.4 Å². The van der Waals surface area contributed by atoms with Crippen LogP contribution in [0.25, 0.3) is 11.0 Å². The molecule has 1 heterocycles. The lowest BCUT2D eigenvalue weighted by molar-refractivity contribution is 0.610. The highest BCUT2D eigenvalue weighted by Gasteiger charge is 2.09. The van der Waals surface area contributed by atoms with Crippen molar-refractivity contribution in [1.82, 2.24) is 0 Å². The van der Waals surface area contributed by atoms with Crippen molar-refractivity contribution in [2.24, 2.45) is 0 Å². The van der Waals surface area contributed by atoms with Crippen LogP contribution in [0.15, 0.2) is 28.9 Å². The van der Waals surface area contributed by atoms with Crippen molar-refractivity contribution in [2.45, 2.75) is 19.2 Å². The maximum Gasteiger partial charge on any atom is 0.134 e. The molecule has 0 saturated carbocycles. The molecule has 1 aromatic carbocycles. The van der Waals surface area contributed by atoms with Gasteiger partial charge in [0.05, 0.1) is 11.6 Å². The molecule has 13 heavy (non-hydrogen) atoms. The van der Waals surface area contributed by atoms with E-state index in [1.165, 1.54) is 5.56 Å². The summed E-state index contributed by atoms with van der Waals surface area (Å²) < 4.78 is 5.38. The lowest BCUT2D eigenvalue weighted by atomic mass is 10.1. The minimum atomic E-state index is 0.00282. The summed E-state index contributed by atoms with van der Waals surface area (Å²) in [6.07, 6.45) is 1.74. The van der Waals surface area contributed by atoms with Crippen LogP contribution in [-0.4, -0.2) is 0 Å². The average Bonchev–Trinajstić information content (AvgIpc) is 2.46. The van der Waals surface area contributed by atoms with Gasteiger partial charge in [0.2, 0.25) is 0 Å². The van der Waals surface area contributed by atoms with E-state index in [9.17, 15) is 0 Å². The quantitative estimate of drug-likeness (QED) is 0.625. The van der Waals surface area contributed by atoms with Gasteiger partial charge in [-0.1, -0.05) is 11.6 Å². The van der Waals surface area contributed by atoms with E-state index in [-0.39, 0.29) is 5.38 Å². The molecule has 2 rings (SSSR count). The number of benzene rings is 1. The fourth-order valence-corrected chi connectivity index (χ4v) is 1.64. The van der Waals surface area contributed by atoms with Crippen LogP contribution in [-0.2, 0) is 0 Å². The Kier molecular flexibility index (Phi) is 2.04. The zero-order valence-electron chi connectivity index (χ0n) is 7.67. The molecule has 68 valence electrons. The second-order valence-electron chi connectivity index (χ2n) is 3.31. The molecule has 1 unspecified atom stereocenters.